The molecule has 0 N–H and O–H groups in total. The van der Waals surface area contributed by atoms with E-state index in [1.54, 1.807) is 0 Å². The Morgan fingerprint density at radius 3 is 2.28 bits per heavy atom. The molecule has 0 aliphatic heterocycles. The highest BCUT2D eigenvalue weighted by Crippen LogP contribution is 2.30. The standard InChI is InChI=1S/C23H36N2/c1-3-5-6-7-8-9-13-16-23(25-18-17-24-20-25)22(4-2)19-21-14-11-10-12-15-21/h10-12,14-15,17-18,20,22-23H,3-9,13,16,19H2,1-2H3. The van der Waals surface area contributed by atoms with Gasteiger partial charge >= 0.3 is 0 Å². The minimum atomic E-state index is 0.573. The van der Waals surface area contributed by atoms with Crippen LogP contribution < -0.4 is 0 Å². The molecule has 0 amide bonds. The third-order valence-electron chi connectivity index (χ3n) is 5.42. The van der Waals surface area contributed by atoms with Crippen LogP contribution in [0.15, 0.2) is 49.1 Å². The van der Waals surface area contributed by atoms with Crippen molar-refractivity contribution in [1.82, 2.24) is 9.55 Å². The number of hydrogen-bond donors (Lipinski definition) is 0. The lowest BCUT2D eigenvalue weighted by molar-refractivity contribution is 0.290. The van der Waals surface area contributed by atoms with Crippen molar-refractivity contribution in [3.8, 4) is 0 Å². The summed E-state index contributed by atoms with van der Waals surface area (Å²) >= 11 is 0. The smallest absolute Gasteiger partial charge is 0.0948 e. The Labute approximate surface area is 154 Å². The molecule has 25 heavy (non-hydrogen) atoms. The maximum absolute atomic E-state index is 4.31. The Morgan fingerprint density at radius 1 is 0.920 bits per heavy atom. The summed E-state index contributed by atoms with van der Waals surface area (Å²) in [5, 5.41) is 0. The van der Waals surface area contributed by atoms with Crippen LogP contribution in [0.2, 0.25) is 0 Å². The van der Waals surface area contributed by atoms with E-state index in [1.807, 2.05) is 12.5 Å². The van der Waals surface area contributed by atoms with Gasteiger partial charge in [-0.15, -0.1) is 0 Å². The van der Waals surface area contributed by atoms with Gasteiger partial charge in [-0.25, -0.2) is 4.98 Å². The fourth-order valence-electron chi connectivity index (χ4n) is 3.87. The van der Waals surface area contributed by atoms with Gasteiger partial charge in [0.2, 0.25) is 0 Å². The molecule has 2 rings (SSSR count). The van der Waals surface area contributed by atoms with E-state index >= 15 is 0 Å². The predicted octanol–water partition coefficient (Wildman–Crippen LogP) is 6.83. The second-order valence-corrected chi connectivity index (χ2v) is 7.35. The molecule has 1 heterocycles. The summed E-state index contributed by atoms with van der Waals surface area (Å²) in [7, 11) is 0. The third kappa shape index (κ3) is 7.05. The van der Waals surface area contributed by atoms with Gasteiger partial charge in [-0.05, 0) is 24.3 Å². The van der Waals surface area contributed by atoms with Crippen LogP contribution in [-0.2, 0) is 6.42 Å². The molecule has 0 bridgehead atoms. The van der Waals surface area contributed by atoms with E-state index in [2.05, 4.69) is 59.9 Å². The molecule has 0 saturated heterocycles. The monoisotopic (exact) mass is 340 g/mol. The molecule has 2 unspecified atom stereocenters. The Hall–Kier alpha value is -1.57. The highest BCUT2D eigenvalue weighted by atomic mass is 15.1. The molecule has 1 aromatic carbocycles. The SMILES string of the molecule is CCCCCCCCCC(C(CC)Cc1ccccc1)n1ccnc1. The summed E-state index contributed by atoms with van der Waals surface area (Å²) in [5.41, 5.74) is 1.46. The number of rotatable bonds is 13. The number of unbranched alkanes of at least 4 members (excludes halogenated alkanes) is 6. The van der Waals surface area contributed by atoms with Gasteiger partial charge in [-0.2, -0.15) is 0 Å². The van der Waals surface area contributed by atoms with Crippen LogP contribution in [0.5, 0.6) is 0 Å². The summed E-state index contributed by atoms with van der Waals surface area (Å²) in [6, 6.07) is 11.5. The van der Waals surface area contributed by atoms with Crippen LogP contribution in [0.4, 0.5) is 0 Å². The Balaban J connectivity index is 1.88. The molecule has 0 radical (unpaired) electrons. The second-order valence-electron chi connectivity index (χ2n) is 7.35. The van der Waals surface area contributed by atoms with Gasteiger partial charge in [0, 0.05) is 18.4 Å². The van der Waals surface area contributed by atoms with E-state index in [9.17, 15) is 0 Å². The van der Waals surface area contributed by atoms with E-state index < -0.39 is 0 Å². The van der Waals surface area contributed by atoms with Crippen LogP contribution in [0.1, 0.15) is 83.2 Å². The predicted molar refractivity (Wildman–Crippen MR) is 108 cm³/mol. The molecule has 1 aromatic heterocycles. The first kappa shape index (κ1) is 19.8. The van der Waals surface area contributed by atoms with Crippen LogP contribution in [-0.4, -0.2) is 9.55 Å². The summed E-state index contributed by atoms with van der Waals surface area (Å²) < 4.78 is 2.36. The van der Waals surface area contributed by atoms with Crippen molar-refractivity contribution in [2.24, 2.45) is 5.92 Å². The Morgan fingerprint density at radius 2 is 1.64 bits per heavy atom. The lowest BCUT2D eigenvalue weighted by Gasteiger charge is -2.28. The largest absolute Gasteiger partial charge is 0.334 e. The number of hydrogen-bond acceptors (Lipinski definition) is 1. The number of nitrogens with zero attached hydrogens (tertiary/aromatic N) is 2. The minimum Gasteiger partial charge on any atom is -0.334 e. The van der Waals surface area contributed by atoms with Gasteiger partial charge in [0.05, 0.1) is 6.33 Å². The summed E-state index contributed by atoms with van der Waals surface area (Å²) in [4.78, 5) is 4.31. The van der Waals surface area contributed by atoms with Gasteiger partial charge in [0.1, 0.15) is 0 Å². The zero-order chi connectivity index (χ0) is 17.7. The summed E-state index contributed by atoms with van der Waals surface area (Å²) in [6.45, 7) is 4.62. The number of aromatic nitrogens is 2. The maximum atomic E-state index is 4.31. The summed E-state index contributed by atoms with van der Waals surface area (Å²) in [5.74, 6) is 0.677. The Bertz CT molecular complexity index is 532. The zero-order valence-electron chi connectivity index (χ0n) is 16.2. The fourth-order valence-corrected chi connectivity index (χ4v) is 3.87. The van der Waals surface area contributed by atoms with Crippen LogP contribution >= 0.6 is 0 Å². The molecule has 2 atom stereocenters. The lowest BCUT2D eigenvalue weighted by atomic mass is 9.86. The van der Waals surface area contributed by atoms with Crippen molar-refractivity contribution < 1.29 is 0 Å². The highest BCUT2D eigenvalue weighted by Gasteiger charge is 2.21. The number of benzene rings is 1. The quantitative estimate of drug-likeness (QED) is 0.365. The molecule has 2 aromatic rings. The first-order valence-corrected chi connectivity index (χ1v) is 10.4. The van der Waals surface area contributed by atoms with Gasteiger partial charge in [0.25, 0.3) is 0 Å². The van der Waals surface area contributed by atoms with Gasteiger partial charge in [0.15, 0.2) is 0 Å². The molecule has 2 heteroatoms. The normalized spacial score (nSPS) is 13.7. The summed E-state index contributed by atoms with van der Waals surface area (Å²) in [6.07, 6.45) is 19.4. The van der Waals surface area contributed by atoms with Gasteiger partial charge in [-0.3, -0.25) is 0 Å². The maximum Gasteiger partial charge on any atom is 0.0948 e. The molecular weight excluding hydrogens is 304 g/mol. The molecule has 0 aliphatic rings. The number of imidazole rings is 1. The van der Waals surface area contributed by atoms with Gasteiger partial charge < -0.3 is 4.57 Å². The van der Waals surface area contributed by atoms with E-state index in [4.69, 9.17) is 0 Å². The first-order valence-electron chi connectivity index (χ1n) is 10.4. The molecule has 138 valence electrons. The van der Waals surface area contributed by atoms with Crippen molar-refractivity contribution in [3.05, 3.63) is 54.6 Å². The third-order valence-corrected chi connectivity index (χ3v) is 5.42. The van der Waals surface area contributed by atoms with Crippen molar-refractivity contribution in [1.29, 1.82) is 0 Å². The van der Waals surface area contributed by atoms with Crippen molar-refractivity contribution in [3.63, 3.8) is 0 Å². The molecule has 0 aliphatic carbocycles. The topological polar surface area (TPSA) is 17.8 Å². The molecular formula is C23H36N2. The fraction of sp³-hybridized carbons (Fsp3) is 0.609. The van der Waals surface area contributed by atoms with Crippen molar-refractivity contribution >= 4 is 0 Å². The molecule has 0 spiro atoms. The van der Waals surface area contributed by atoms with Crippen LogP contribution in [0.3, 0.4) is 0 Å². The van der Waals surface area contributed by atoms with E-state index in [0.29, 0.717) is 12.0 Å². The average Bonchev–Trinajstić information content (AvgIpc) is 3.18. The average molecular weight is 341 g/mol. The minimum absolute atomic E-state index is 0.573. The van der Waals surface area contributed by atoms with Crippen LogP contribution in [0.25, 0.3) is 0 Å². The molecule has 2 nitrogen and oxygen atoms in total. The Kier molecular flexibility index (Phi) is 9.40. The van der Waals surface area contributed by atoms with Crippen molar-refractivity contribution in [2.75, 3.05) is 0 Å². The van der Waals surface area contributed by atoms with E-state index in [0.717, 1.165) is 6.42 Å². The first-order chi connectivity index (χ1) is 12.3. The van der Waals surface area contributed by atoms with Crippen LogP contribution in [0, 0.1) is 5.92 Å². The molecule has 0 fully saturated rings. The molecule has 0 saturated carbocycles. The van der Waals surface area contributed by atoms with Gasteiger partial charge in [-0.1, -0.05) is 95.5 Å². The lowest BCUT2D eigenvalue weighted by Crippen LogP contribution is -2.20. The van der Waals surface area contributed by atoms with E-state index in [1.165, 1.54) is 63.4 Å². The van der Waals surface area contributed by atoms with E-state index in [-0.39, 0.29) is 0 Å². The van der Waals surface area contributed by atoms with Crippen molar-refractivity contribution in [2.45, 2.75) is 84.1 Å². The highest BCUT2D eigenvalue weighted by molar-refractivity contribution is 5.15. The zero-order valence-corrected chi connectivity index (χ0v) is 16.2. The second kappa shape index (κ2) is 11.9.